The number of anilines is 1. The van der Waals surface area contributed by atoms with Gasteiger partial charge in [0.2, 0.25) is 0 Å². The van der Waals surface area contributed by atoms with Crippen molar-refractivity contribution in [2.45, 2.75) is 6.92 Å². The van der Waals surface area contributed by atoms with E-state index in [1.54, 1.807) is 36.9 Å². The fourth-order valence-corrected chi connectivity index (χ4v) is 3.13. The molecule has 2 aromatic carbocycles. The molecule has 0 unspecified atom stereocenters. The highest BCUT2D eigenvalue weighted by atomic mass is 79.9. The molecule has 1 N–H and O–H groups in total. The van der Waals surface area contributed by atoms with E-state index in [0.717, 1.165) is 5.69 Å². The molecule has 0 aliphatic carbocycles. The van der Waals surface area contributed by atoms with Crippen LogP contribution in [0.3, 0.4) is 0 Å². The maximum Gasteiger partial charge on any atom is 0.295 e. The van der Waals surface area contributed by atoms with Gasteiger partial charge in [0.15, 0.2) is 0 Å². The maximum atomic E-state index is 12.9. The van der Waals surface area contributed by atoms with Crippen molar-refractivity contribution in [3.8, 4) is 11.4 Å². The minimum absolute atomic E-state index is 0.246. The van der Waals surface area contributed by atoms with E-state index in [1.165, 1.54) is 11.8 Å². The van der Waals surface area contributed by atoms with Crippen molar-refractivity contribution in [3.05, 3.63) is 74.6 Å². The molecule has 26 heavy (non-hydrogen) atoms. The largest absolute Gasteiger partial charge is 0.497 e. The number of para-hydroxylation sites is 1. The number of hydrogen-bond donors (Lipinski definition) is 1. The number of amides is 1. The van der Waals surface area contributed by atoms with Gasteiger partial charge in [0.1, 0.15) is 11.4 Å². The highest BCUT2D eigenvalue weighted by Crippen LogP contribution is 2.24. The van der Waals surface area contributed by atoms with Gasteiger partial charge in [0.05, 0.1) is 24.1 Å². The van der Waals surface area contributed by atoms with E-state index in [0.29, 0.717) is 21.5 Å². The van der Waals surface area contributed by atoms with Crippen molar-refractivity contribution < 1.29 is 9.53 Å². The molecule has 0 saturated carbocycles. The monoisotopic (exact) mass is 415 g/mol. The lowest BCUT2D eigenvalue weighted by Gasteiger charge is -2.08. The van der Waals surface area contributed by atoms with E-state index < -0.39 is 0 Å². The molecule has 0 aliphatic heterocycles. The van der Waals surface area contributed by atoms with Crippen LogP contribution in [0.2, 0.25) is 0 Å². The van der Waals surface area contributed by atoms with Crippen LogP contribution in [0.15, 0.2) is 57.8 Å². The molecule has 0 aliphatic rings. The van der Waals surface area contributed by atoms with Gasteiger partial charge in [0.25, 0.3) is 11.5 Å². The molecule has 0 radical (unpaired) electrons. The van der Waals surface area contributed by atoms with Gasteiger partial charge < -0.3 is 10.1 Å². The number of rotatable bonds is 4. The molecule has 0 saturated heterocycles. The summed E-state index contributed by atoms with van der Waals surface area (Å²) < 4.78 is 9.02. The standard InChI is InChI=1S/C19H18BrN3O3/c1-12-17(19(25)23(22(12)2)13-7-5-4-6-8-13)21-18(24)15-11-14(26-3)9-10-16(15)20/h4-11H,1-3H3,(H,21,24). The molecule has 1 amide bonds. The molecule has 3 rings (SSSR count). The third-order valence-corrected chi connectivity index (χ3v) is 4.90. The van der Waals surface area contributed by atoms with Gasteiger partial charge in [0, 0.05) is 11.5 Å². The van der Waals surface area contributed by atoms with Gasteiger partial charge >= 0.3 is 0 Å². The summed E-state index contributed by atoms with van der Waals surface area (Å²) >= 11 is 3.36. The highest BCUT2D eigenvalue weighted by molar-refractivity contribution is 9.10. The van der Waals surface area contributed by atoms with Gasteiger partial charge in [-0.25, -0.2) is 4.68 Å². The second-order valence-corrected chi connectivity index (χ2v) is 6.59. The molecule has 0 bridgehead atoms. The Kier molecular flexibility index (Phi) is 4.99. The van der Waals surface area contributed by atoms with Gasteiger partial charge in [-0.15, -0.1) is 0 Å². The van der Waals surface area contributed by atoms with Gasteiger partial charge in [-0.05, 0) is 53.2 Å². The van der Waals surface area contributed by atoms with Crippen LogP contribution in [0.5, 0.6) is 5.75 Å². The maximum absolute atomic E-state index is 12.9. The van der Waals surface area contributed by atoms with Crippen LogP contribution >= 0.6 is 15.9 Å². The molecular weight excluding hydrogens is 398 g/mol. The minimum atomic E-state index is -0.387. The molecule has 0 fully saturated rings. The molecule has 1 aromatic heterocycles. The second kappa shape index (κ2) is 7.21. The topological polar surface area (TPSA) is 65.3 Å². The lowest BCUT2D eigenvalue weighted by molar-refractivity contribution is 0.102. The zero-order valence-electron chi connectivity index (χ0n) is 14.6. The van der Waals surface area contributed by atoms with Crippen LogP contribution < -0.4 is 15.6 Å². The van der Waals surface area contributed by atoms with E-state index in [4.69, 9.17) is 4.74 Å². The number of carbonyl (C=O) groups is 1. The number of methoxy groups -OCH3 is 1. The van der Waals surface area contributed by atoms with E-state index in [2.05, 4.69) is 21.2 Å². The smallest absolute Gasteiger partial charge is 0.295 e. The lowest BCUT2D eigenvalue weighted by Crippen LogP contribution is -2.23. The first-order valence-corrected chi connectivity index (χ1v) is 8.72. The second-order valence-electron chi connectivity index (χ2n) is 5.74. The van der Waals surface area contributed by atoms with Crippen LogP contribution in [0.1, 0.15) is 16.1 Å². The number of halogens is 1. The molecule has 134 valence electrons. The normalized spacial score (nSPS) is 10.6. The average molecular weight is 416 g/mol. The van der Waals surface area contributed by atoms with Crippen molar-refractivity contribution in [3.63, 3.8) is 0 Å². The average Bonchev–Trinajstić information content (AvgIpc) is 2.86. The van der Waals surface area contributed by atoms with E-state index >= 15 is 0 Å². The Morgan fingerprint density at radius 2 is 1.85 bits per heavy atom. The summed E-state index contributed by atoms with van der Waals surface area (Å²) in [6.45, 7) is 1.79. The number of benzene rings is 2. The number of aromatic nitrogens is 2. The number of nitrogens with one attached hydrogen (secondary N) is 1. The van der Waals surface area contributed by atoms with Gasteiger partial charge in [-0.3, -0.25) is 14.3 Å². The van der Waals surface area contributed by atoms with Crippen molar-refractivity contribution in [1.29, 1.82) is 0 Å². The zero-order valence-corrected chi connectivity index (χ0v) is 16.2. The first kappa shape index (κ1) is 18.0. The quantitative estimate of drug-likeness (QED) is 0.708. The van der Waals surface area contributed by atoms with Crippen molar-refractivity contribution in [2.24, 2.45) is 7.05 Å². The van der Waals surface area contributed by atoms with Gasteiger partial charge in [-0.1, -0.05) is 18.2 Å². The molecule has 3 aromatic rings. The summed E-state index contributed by atoms with van der Waals surface area (Å²) in [5, 5.41) is 2.74. The Bertz CT molecular complexity index is 1020. The van der Waals surface area contributed by atoms with E-state index in [-0.39, 0.29) is 17.2 Å². The summed E-state index contributed by atoms with van der Waals surface area (Å²) in [5.41, 5.74) is 1.73. The lowest BCUT2D eigenvalue weighted by atomic mass is 10.2. The third-order valence-electron chi connectivity index (χ3n) is 4.21. The summed E-state index contributed by atoms with van der Waals surface area (Å²) in [6, 6.07) is 14.4. The number of ether oxygens (including phenoxy) is 1. The highest BCUT2D eigenvalue weighted by Gasteiger charge is 2.20. The first-order chi connectivity index (χ1) is 12.4. The summed E-state index contributed by atoms with van der Waals surface area (Å²) in [4.78, 5) is 25.6. The van der Waals surface area contributed by atoms with Gasteiger partial charge in [-0.2, -0.15) is 0 Å². The molecule has 0 atom stereocenters. The van der Waals surface area contributed by atoms with Crippen molar-refractivity contribution in [1.82, 2.24) is 9.36 Å². The van der Waals surface area contributed by atoms with Crippen LogP contribution in [-0.2, 0) is 7.05 Å². The van der Waals surface area contributed by atoms with Crippen LogP contribution in [-0.4, -0.2) is 22.4 Å². The van der Waals surface area contributed by atoms with Crippen LogP contribution in [0.4, 0.5) is 5.69 Å². The Morgan fingerprint density at radius 3 is 2.50 bits per heavy atom. The Hall–Kier alpha value is -2.80. The Balaban J connectivity index is 2.02. The van der Waals surface area contributed by atoms with E-state index in [9.17, 15) is 9.59 Å². The Morgan fingerprint density at radius 1 is 1.15 bits per heavy atom. The summed E-state index contributed by atoms with van der Waals surface area (Å²) in [5.74, 6) is 0.173. The predicted molar refractivity (Wildman–Crippen MR) is 104 cm³/mol. The molecular formula is C19H18BrN3O3. The first-order valence-electron chi connectivity index (χ1n) is 7.93. The van der Waals surface area contributed by atoms with Crippen LogP contribution in [0, 0.1) is 6.92 Å². The predicted octanol–water partition coefficient (Wildman–Crippen LogP) is 3.51. The molecule has 0 spiro atoms. The molecule has 6 nitrogen and oxygen atoms in total. The molecule has 1 heterocycles. The third kappa shape index (κ3) is 3.17. The fourth-order valence-electron chi connectivity index (χ4n) is 2.70. The fraction of sp³-hybridized carbons (Fsp3) is 0.158. The van der Waals surface area contributed by atoms with Crippen LogP contribution in [0.25, 0.3) is 5.69 Å². The van der Waals surface area contributed by atoms with Crippen molar-refractivity contribution in [2.75, 3.05) is 12.4 Å². The summed E-state index contributed by atoms with van der Waals surface area (Å²) in [6.07, 6.45) is 0. The number of carbonyl (C=O) groups excluding carboxylic acids is 1. The molecule has 7 heteroatoms. The Labute approximate surface area is 159 Å². The number of hydrogen-bond acceptors (Lipinski definition) is 3. The minimum Gasteiger partial charge on any atom is -0.497 e. The van der Waals surface area contributed by atoms with Crippen molar-refractivity contribution >= 4 is 27.5 Å². The number of nitrogens with zero attached hydrogens (tertiary/aromatic N) is 2. The summed E-state index contributed by atoms with van der Waals surface area (Å²) in [7, 11) is 3.31. The van der Waals surface area contributed by atoms with E-state index in [1.807, 2.05) is 30.3 Å². The zero-order chi connectivity index (χ0) is 18.8. The SMILES string of the molecule is COc1ccc(Br)c(C(=O)Nc2c(C)n(C)n(-c3ccccc3)c2=O)c1.